The molecule has 0 radical (unpaired) electrons. The Hall–Kier alpha value is -3.36. The van der Waals surface area contributed by atoms with Gasteiger partial charge in [0.25, 0.3) is 5.56 Å². The van der Waals surface area contributed by atoms with Crippen LogP contribution in [0.4, 0.5) is 5.82 Å². The van der Waals surface area contributed by atoms with Crippen molar-refractivity contribution >= 4 is 11.7 Å². The van der Waals surface area contributed by atoms with E-state index in [1.54, 1.807) is 12.3 Å². The summed E-state index contributed by atoms with van der Waals surface area (Å²) in [5.74, 6) is 0.857. The number of carbonyl (C=O) groups excluding carboxylic acids is 1. The third-order valence-electron chi connectivity index (χ3n) is 6.57. The van der Waals surface area contributed by atoms with Gasteiger partial charge >= 0.3 is 0 Å². The van der Waals surface area contributed by atoms with Gasteiger partial charge in [-0.3, -0.25) is 14.2 Å². The van der Waals surface area contributed by atoms with Gasteiger partial charge in [0.05, 0.1) is 6.10 Å². The van der Waals surface area contributed by atoms with Crippen molar-refractivity contribution in [2.24, 2.45) is 0 Å². The highest BCUT2D eigenvalue weighted by atomic mass is 16.3. The van der Waals surface area contributed by atoms with Crippen LogP contribution in [0.1, 0.15) is 48.4 Å². The van der Waals surface area contributed by atoms with E-state index in [0.717, 1.165) is 30.4 Å². The molecular formula is C25H27N5O3. The van der Waals surface area contributed by atoms with E-state index in [-0.39, 0.29) is 23.6 Å². The predicted octanol–water partition coefficient (Wildman–Crippen LogP) is 2.16. The second-order valence-corrected chi connectivity index (χ2v) is 8.77. The largest absolute Gasteiger partial charge is 0.387 e. The van der Waals surface area contributed by atoms with Crippen LogP contribution in [0, 0.1) is 0 Å². The maximum atomic E-state index is 12.7. The van der Waals surface area contributed by atoms with Crippen molar-refractivity contribution in [3.8, 4) is 0 Å². The van der Waals surface area contributed by atoms with E-state index in [1.165, 1.54) is 16.8 Å². The van der Waals surface area contributed by atoms with Gasteiger partial charge in [0.2, 0.25) is 5.91 Å². The SMILES string of the molecule is O=C(Nc1ccc(C[C@@H]2CC[C@H]([C@H](O)c3ccccc3)N2)cn1)C1CCc2nccc(=O)n21. The van der Waals surface area contributed by atoms with Gasteiger partial charge in [-0.05, 0) is 42.9 Å². The second kappa shape index (κ2) is 9.25. The highest BCUT2D eigenvalue weighted by Gasteiger charge is 2.31. The average molecular weight is 446 g/mol. The Morgan fingerprint density at radius 3 is 2.76 bits per heavy atom. The number of aliphatic hydroxyl groups is 1. The Bertz CT molecular complexity index is 1180. The summed E-state index contributed by atoms with van der Waals surface area (Å²) < 4.78 is 1.47. The number of nitrogens with one attached hydrogen (secondary N) is 2. The molecule has 1 fully saturated rings. The number of hydrogen-bond donors (Lipinski definition) is 3. The average Bonchev–Trinajstić information content (AvgIpc) is 3.49. The standard InChI is InChI=1S/C25H27N5O3/c31-23-12-13-26-22-11-9-20(30(22)23)25(33)29-21-10-6-16(15-27-21)14-18-7-8-19(28-18)24(32)17-4-2-1-3-5-17/h1-6,10,12-13,15,18-20,24,28,32H,7-9,11,14H2,(H,27,29,33)/t18-,19+,20?,24+/m0/s1. The van der Waals surface area contributed by atoms with E-state index in [4.69, 9.17) is 0 Å². The molecule has 1 amide bonds. The fourth-order valence-electron chi connectivity index (χ4n) is 4.87. The van der Waals surface area contributed by atoms with E-state index in [9.17, 15) is 14.7 Å². The summed E-state index contributed by atoms with van der Waals surface area (Å²) in [5.41, 5.74) is 1.79. The molecule has 3 N–H and O–H groups in total. The third-order valence-corrected chi connectivity index (χ3v) is 6.57. The molecule has 0 saturated carbocycles. The minimum Gasteiger partial charge on any atom is -0.387 e. The van der Waals surface area contributed by atoms with E-state index >= 15 is 0 Å². The highest BCUT2D eigenvalue weighted by Crippen LogP contribution is 2.27. The Morgan fingerprint density at radius 2 is 1.97 bits per heavy atom. The van der Waals surface area contributed by atoms with Crippen molar-refractivity contribution in [1.82, 2.24) is 19.9 Å². The first kappa shape index (κ1) is 21.5. The first-order chi connectivity index (χ1) is 16.1. The van der Waals surface area contributed by atoms with Gasteiger partial charge in [-0.15, -0.1) is 0 Å². The quantitative estimate of drug-likeness (QED) is 0.537. The minimum atomic E-state index is -0.557. The summed E-state index contributed by atoms with van der Waals surface area (Å²) in [6.07, 6.45) is 6.60. The van der Waals surface area contributed by atoms with Gasteiger partial charge in [0, 0.05) is 37.0 Å². The lowest BCUT2D eigenvalue weighted by Crippen LogP contribution is -2.35. The Labute approximate surface area is 191 Å². The maximum Gasteiger partial charge on any atom is 0.254 e. The van der Waals surface area contributed by atoms with Gasteiger partial charge < -0.3 is 15.7 Å². The lowest BCUT2D eigenvalue weighted by atomic mass is 10.0. The van der Waals surface area contributed by atoms with Crippen LogP contribution in [0.3, 0.4) is 0 Å². The number of anilines is 1. The Morgan fingerprint density at radius 1 is 1.12 bits per heavy atom. The number of aryl methyl sites for hydroxylation is 1. The van der Waals surface area contributed by atoms with Crippen molar-refractivity contribution in [2.45, 2.75) is 56.3 Å². The molecule has 4 heterocycles. The summed E-state index contributed by atoms with van der Waals surface area (Å²) in [7, 11) is 0. The van der Waals surface area contributed by atoms with Crippen molar-refractivity contribution in [1.29, 1.82) is 0 Å². The zero-order valence-corrected chi connectivity index (χ0v) is 18.2. The van der Waals surface area contributed by atoms with Gasteiger partial charge in [0.15, 0.2) is 0 Å². The summed E-state index contributed by atoms with van der Waals surface area (Å²) in [5, 5.41) is 17.0. The van der Waals surface area contributed by atoms with Gasteiger partial charge in [-0.1, -0.05) is 36.4 Å². The van der Waals surface area contributed by atoms with E-state index < -0.39 is 12.1 Å². The smallest absolute Gasteiger partial charge is 0.254 e. The highest BCUT2D eigenvalue weighted by molar-refractivity contribution is 5.93. The Balaban J connectivity index is 1.17. The van der Waals surface area contributed by atoms with Gasteiger partial charge in [-0.25, -0.2) is 9.97 Å². The van der Waals surface area contributed by atoms with E-state index in [2.05, 4.69) is 20.6 Å². The number of fused-ring (bicyclic) bond motifs is 1. The lowest BCUT2D eigenvalue weighted by Gasteiger charge is -2.20. The first-order valence-electron chi connectivity index (χ1n) is 11.4. The molecule has 5 rings (SSSR count). The fourth-order valence-corrected chi connectivity index (χ4v) is 4.87. The van der Waals surface area contributed by atoms with Crippen molar-refractivity contribution in [3.63, 3.8) is 0 Å². The Kier molecular flexibility index (Phi) is 6.02. The molecule has 0 spiro atoms. The first-order valence-corrected chi connectivity index (χ1v) is 11.4. The molecule has 1 aromatic carbocycles. The van der Waals surface area contributed by atoms with Crippen LogP contribution in [-0.4, -0.2) is 37.6 Å². The molecule has 2 aliphatic rings. The number of carbonyl (C=O) groups is 1. The van der Waals surface area contributed by atoms with Crippen LogP contribution in [0.2, 0.25) is 0 Å². The third kappa shape index (κ3) is 4.58. The zero-order chi connectivity index (χ0) is 22.8. The molecule has 0 bridgehead atoms. The van der Waals surface area contributed by atoms with Crippen LogP contribution in [-0.2, 0) is 17.6 Å². The monoisotopic (exact) mass is 445 g/mol. The molecular weight excluding hydrogens is 418 g/mol. The zero-order valence-electron chi connectivity index (χ0n) is 18.2. The lowest BCUT2D eigenvalue weighted by molar-refractivity contribution is -0.119. The summed E-state index contributed by atoms with van der Waals surface area (Å²) >= 11 is 0. The molecule has 1 saturated heterocycles. The van der Waals surface area contributed by atoms with Gasteiger partial charge in [-0.2, -0.15) is 0 Å². The van der Waals surface area contributed by atoms with Crippen LogP contribution < -0.4 is 16.2 Å². The summed E-state index contributed by atoms with van der Waals surface area (Å²) in [6, 6.07) is 14.6. The van der Waals surface area contributed by atoms with Crippen LogP contribution in [0.25, 0.3) is 0 Å². The number of nitrogens with zero attached hydrogens (tertiary/aromatic N) is 3. The fraction of sp³-hybridized carbons (Fsp3) is 0.360. The van der Waals surface area contributed by atoms with Crippen LogP contribution in [0.5, 0.6) is 0 Å². The van der Waals surface area contributed by atoms with Crippen LogP contribution >= 0.6 is 0 Å². The van der Waals surface area contributed by atoms with E-state index in [1.807, 2.05) is 36.4 Å². The van der Waals surface area contributed by atoms with Crippen molar-refractivity contribution < 1.29 is 9.90 Å². The van der Waals surface area contributed by atoms with Crippen molar-refractivity contribution in [3.05, 3.63) is 88.2 Å². The molecule has 33 heavy (non-hydrogen) atoms. The number of aromatic nitrogens is 3. The predicted molar refractivity (Wildman–Crippen MR) is 124 cm³/mol. The van der Waals surface area contributed by atoms with Gasteiger partial charge in [0.1, 0.15) is 17.7 Å². The number of amides is 1. The number of benzene rings is 1. The second-order valence-electron chi connectivity index (χ2n) is 8.77. The molecule has 3 aromatic rings. The number of aliphatic hydroxyl groups excluding tert-OH is 1. The molecule has 8 heteroatoms. The molecule has 4 atom stereocenters. The molecule has 0 aliphatic carbocycles. The van der Waals surface area contributed by atoms with Crippen LogP contribution in [0.15, 0.2) is 65.7 Å². The molecule has 170 valence electrons. The normalized spacial score (nSPS) is 22.6. The van der Waals surface area contributed by atoms with Crippen molar-refractivity contribution in [2.75, 3.05) is 5.32 Å². The summed E-state index contributed by atoms with van der Waals surface area (Å²) in [4.78, 5) is 33.5. The minimum absolute atomic E-state index is 0.0381. The molecule has 2 aliphatic heterocycles. The number of pyridine rings is 1. The molecule has 8 nitrogen and oxygen atoms in total. The number of hydrogen-bond acceptors (Lipinski definition) is 6. The molecule has 2 aromatic heterocycles. The number of rotatable bonds is 6. The van der Waals surface area contributed by atoms with E-state index in [0.29, 0.717) is 24.5 Å². The maximum absolute atomic E-state index is 12.7. The molecule has 1 unspecified atom stereocenters. The topological polar surface area (TPSA) is 109 Å². The summed E-state index contributed by atoms with van der Waals surface area (Å²) in [6.45, 7) is 0.